The molecule has 2 aromatic rings. The minimum atomic E-state index is -0.281. The molecule has 0 saturated heterocycles. The lowest BCUT2D eigenvalue weighted by molar-refractivity contribution is -0.116. The first-order valence-electron chi connectivity index (χ1n) is 7.50. The van der Waals surface area contributed by atoms with E-state index in [1.807, 2.05) is 25.1 Å². The van der Waals surface area contributed by atoms with Crippen LogP contribution in [0.1, 0.15) is 21.5 Å². The Labute approximate surface area is 145 Å². The number of carbonyl (C=O) groups excluding carboxylic acids is 2. The van der Waals surface area contributed by atoms with Gasteiger partial charge in [0.25, 0.3) is 5.91 Å². The van der Waals surface area contributed by atoms with Gasteiger partial charge in [0.05, 0.1) is 12.8 Å². The van der Waals surface area contributed by atoms with Gasteiger partial charge in [-0.15, -0.1) is 0 Å². The fourth-order valence-electron chi connectivity index (χ4n) is 2.74. The Morgan fingerprint density at radius 1 is 1.33 bits per heavy atom. The molecule has 0 bridgehead atoms. The van der Waals surface area contributed by atoms with Gasteiger partial charge in [-0.25, -0.2) is 0 Å². The standard InChI is InChI=1S/C18H17ClN2O3/c1-11-7-15(16(24-2)8-14(11)19)20-17(22)10-21-9-12-5-3-4-6-13(12)18(21)23/h3-8H,9-10H2,1-2H3,(H,20,22). The predicted octanol–water partition coefficient (Wildman–Crippen LogP) is 3.25. The summed E-state index contributed by atoms with van der Waals surface area (Å²) in [5.41, 5.74) is 2.96. The van der Waals surface area contributed by atoms with E-state index in [4.69, 9.17) is 16.3 Å². The van der Waals surface area contributed by atoms with Crippen molar-refractivity contribution in [2.75, 3.05) is 19.0 Å². The zero-order valence-corrected chi connectivity index (χ0v) is 14.2. The van der Waals surface area contributed by atoms with Gasteiger partial charge in [0.2, 0.25) is 5.91 Å². The number of carbonyl (C=O) groups is 2. The van der Waals surface area contributed by atoms with Crippen LogP contribution in [0.4, 0.5) is 5.69 Å². The fourth-order valence-corrected chi connectivity index (χ4v) is 2.89. The van der Waals surface area contributed by atoms with Crippen LogP contribution in [0.15, 0.2) is 36.4 Å². The summed E-state index contributed by atoms with van der Waals surface area (Å²) in [6.45, 7) is 2.27. The smallest absolute Gasteiger partial charge is 0.254 e. The van der Waals surface area contributed by atoms with Crippen molar-refractivity contribution >= 4 is 29.1 Å². The molecule has 3 rings (SSSR count). The third-order valence-electron chi connectivity index (χ3n) is 3.99. The van der Waals surface area contributed by atoms with Crippen LogP contribution in [0.5, 0.6) is 5.75 Å². The minimum Gasteiger partial charge on any atom is -0.495 e. The summed E-state index contributed by atoms with van der Waals surface area (Å²) in [6.07, 6.45) is 0. The molecule has 1 aliphatic heterocycles. The number of hydrogen-bond acceptors (Lipinski definition) is 3. The van der Waals surface area contributed by atoms with Crippen molar-refractivity contribution in [1.29, 1.82) is 0 Å². The second-order valence-electron chi connectivity index (χ2n) is 5.67. The van der Waals surface area contributed by atoms with Gasteiger partial charge in [-0.3, -0.25) is 9.59 Å². The average molecular weight is 345 g/mol. The maximum atomic E-state index is 12.3. The quantitative estimate of drug-likeness (QED) is 0.926. The van der Waals surface area contributed by atoms with Crippen LogP contribution in [0.2, 0.25) is 5.02 Å². The lowest BCUT2D eigenvalue weighted by Gasteiger charge is -2.17. The van der Waals surface area contributed by atoms with E-state index in [1.54, 1.807) is 18.2 Å². The Bertz CT molecular complexity index is 820. The molecular weight excluding hydrogens is 328 g/mol. The fraction of sp³-hybridized carbons (Fsp3) is 0.222. The minimum absolute atomic E-state index is 0.0155. The number of hydrogen-bond donors (Lipinski definition) is 1. The largest absolute Gasteiger partial charge is 0.495 e. The molecule has 2 aromatic carbocycles. The molecule has 124 valence electrons. The number of methoxy groups -OCH3 is 1. The van der Waals surface area contributed by atoms with Crippen molar-refractivity contribution in [3.05, 3.63) is 58.1 Å². The number of nitrogens with zero attached hydrogens (tertiary/aromatic N) is 1. The summed E-state index contributed by atoms with van der Waals surface area (Å²) in [5.74, 6) is 0.0752. The van der Waals surface area contributed by atoms with Crippen LogP contribution in [0.25, 0.3) is 0 Å². The Kier molecular flexibility index (Phi) is 4.44. The molecule has 0 spiro atoms. The number of halogens is 1. The first-order chi connectivity index (χ1) is 11.5. The second kappa shape index (κ2) is 6.53. The van der Waals surface area contributed by atoms with Gasteiger partial charge in [0, 0.05) is 23.2 Å². The number of aryl methyl sites for hydroxylation is 1. The molecule has 24 heavy (non-hydrogen) atoms. The van der Waals surface area contributed by atoms with E-state index in [0.717, 1.165) is 11.1 Å². The van der Waals surface area contributed by atoms with E-state index < -0.39 is 0 Å². The van der Waals surface area contributed by atoms with Crippen LogP contribution < -0.4 is 10.1 Å². The summed E-state index contributed by atoms with van der Waals surface area (Å²) < 4.78 is 5.24. The predicted molar refractivity (Wildman–Crippen MR) is 92.6 cm³/mol. The van der Waals surface area contributed by atoms with Crippen molar-refractivity contribution in [2.24, 2.45) is 0 Å². The Morgan fingerprint density at radius 2 is 2.08 bits per heavy atom. The number of anilines is 1. The van der Waals surface area contributed by atoms with Gasteiger partial charge in [0.15, 0.2) is 0 Å². The summed E-state index contributed by atoms with van der Waals surface area (Å²) in [6, 6.07) is 10.8. The highest BCUT2D eigenvalue weighted by Crippen LogP contribution is 2.31. The topological polar surface area (TPSA) is 58.6 Å². The molecule has 0 unspecified atom stereocenters. The van der Waals surface area contributed by atoms with E-state index >= 15 is 0 Å². The molecular formula is C18H17ClN2O3. The van der Waals surface area contributed by atoms with Crippen molar-refractivity contribution in [2.45, 2.75) is 13.5 Å². The molecule has 0 atom stereocenters. The van der Waals surface area contributed by atoms with Crippen LogP contribution in [-0.2, 0) is 11.3 Å². The van der Waals surface area contributed by atoms with Crippen LogP contribution in [0.3, 0.4) is 0 Å². The summed E-state index contributed by atoms with van der Waals surface area (Å²) >= 11 is 6.06. The molecule has 1 heterocycles. The molecule has 1 aliphatic rings. The molecule has 0 aromatic heterocycles. The molecule has 0 aliphatic carbocycles. The van der Waals surface area contributed by atoms with Crippen LogP contribution in [0, 0.1) is 6.92 Å². The maximum Gasteiger partial charge on any atom is 0.254 e. The molecule has 0 fully saturated rings. The number of ether oxygens (including phenoxy) is 1. The summed E-state index contributed by atoms with van der Waals surface area (Å²) in [7, 11) is 1.51. The number of fused-ring (bicyclic) bond motifs is 1. The van der Waals surface area contributed by atoms with Crippen molar-refractivity contribution in [3.63, 3.8) is 0 Å². The van der Waals surface area contributed by atoms with Gasteiger partial charge in [-0.2, -0.15) is 0 Å². The van der Waals surface area contributed by atoms with E-state index in [9.17, 15) is 9.59 Å². The lowest BCUT2D eigenvalue weighted by atomic mass is 10.1. The highest BCUT2D eigenvalue weighted by molar-refractivity contribution is 6.31. The molecule has 0 saturated carbocycles. The Morgan fingerprint density at radius 3 is 2.79 bits per heavy atom. The highest BCUT2D eigenvalue weighted by Gasteiger charge is 2.28. The third-order valence-corrected chi connectivity index (χ3v) is 4.39. The normalized spacial score (nSPS) is 13.0. The Hall–Kier alpha value is -2.53. The molecule has 5 nitrogen and oxygen atoms in total. The maximum absolute atomic E-state index is 12.3. The first-order valence-corrected chi connectivity index (χ1v) is 7.88. The SMILES string of the molecule is COc1cc(Cl)c(C)cc1NC(=O)CN1Cc2ccccc2C1=O. The van der Waals surface area contributed by atoms with E-state index in [0.29, 0.717) is 28.6 Å². The molecule has 0 radical (unpaired) electrons. The average Bonchev–Trinajstić information content (AvgIpc) is 2.87. The number of amides is 2. The van der Waals surface area contributed by atoms with Gasteiger partial charge in [-0.05, 0) is 30.2 Å². The summed E-state index contributed by atoms with van der Waals surface area (Å²) in [4.78, 5) is 26.2. The van der Waals surface area contributed by atoms with Gasteiger partial charge in [-0.1, -0.05) is 29.8 Å². The monoisotopic (exact) mass is 344 g/mol. The molecule has 1 N–H and O–H groups in total. The number of benzene rings is 2. The van der Waals surface area contributed by atoms with Gasteiger partial charge < -0.3 is 15.0 Å². The molecule has 6 heteroatoms. The first kappa shape index (κ1) is 16.3. The zero-order valence-electron chi connectivity index (χ0n) is 13.4. The number of rotatable bonds is 4. The molecule has 2 amide bonds. The van der Waals surface area contributed by atoms with Crippen molar-refractivity contribution < 1.29 is 14.3 Å². The summed E-state index contributed by atoms with van der Waals surface area (Å²) in [5, 5.41) is 3.35. The van der Waals surface area contributed by atoms with E-state index in [1.165, 1.54) is 12.0 Å². The highest BCUT2D eigenvalue weighted by atomic mass is 35.5. The zero-order chi connectivity index (χ0) is 17.3. The Balaban J connectivity index is 1.72. The lowest BCUT2D eigenvalue weighted by Crippen LogP contribution is -2.33. The van der Waals surface area contributed by atoms with E-state index in [2.05, 4.69) is 5.32 Å². The van der Waals surface area contributed by atoms with Crippen LogP contribution >= 0.6 is 11.6 Å². The van der Waals surface area contributed by atoms with Gasteiger partial charge >= 0.3 is 0 Å². The van der Waals surface area contributed by atoms with E-state index in [-0.39, 0.29) is 18.4 Å². The van der Waals surface area contributed by atoms with Crippen LogP contribution in [-0.4, -0.2) is 30.4 Å². The van der Waals surface area contributed by atoms with Gasteiger partial charge in [0.1, 0.15) is 12.3 Å². The van der Waals surface area contributed by atoms with Crippen molar-refractivity contribution in [1.82, 2.24) is 4.90 Å². The number of nitrogens with one attached hydrogen (secondary N) is 1. The second-order valence-corrected chi connectivity index (χ2v) is 6.08. The third kappa shape index (κ3) is 3.08. The van der Waals surface area contributed by atoms with Crippen molar-refractivity contribution in [3.8, 4) is 5.75 Å².